The largest absolute Gasteiger partial charge is 0.378 e. The Morgan fingerprint density at radius 2 is 2.12 bits per heavy atom. The van der Waals surface area contributed by atoms with Gasteiger partial charge in [-0.05, 0) is 25.5 Å². The zero-order valence-corrected chi connectivity index (χ0v) is 14.6. The van der Waals surface area contributed by atoms with Crippen LogP contribution in [-0.4, -0.2) is 50.2 Å². The van der Waals surface area contributed by atoms with Crippen LogP contribution in [0.5, 0.6) is 0 Å². The van der Waals surface area contributed by atoms with E-state index in [0.717, 1.165) is 17.8 Å². The van der Waals surface area contributed by atoms with E-state index in [1.807, 2.05) is 31.2 Å². The summed E-state index contributed by atoms with van der Waals surface area (Å²) >= 11 is 0. The number of aryl methyl sites for hydroxylation is 1. The molecule has 3 rings (SSSR count). The summed E-state index contributed by atoms with van der Waals surface area (Å²) in [6.07, 6.45) is 0.987. The van der Waals surface area contributed by atoms with E-state index in [4.69, 9.17) is 4.74 Å². The van der Waals surface area contributed by atoms with Crippen LogP contribution in [0.4, 0.5) is 5.69 Å². The molecule has 0 radical (unpaired) electrons. The number of halogens is 1. The fraction of sp³-hybridized carbons (Fsp3) is 0.529. The molecule has 7 heteroatoms. The molecular weight excluding hydrogens is 330 g/mol. The standard InChI is InChI=1S/C17H23N3O3.ClH/c1-12-2-4-14(5-3-12)20-8-6-15(17(20)22)19-16(21)10-13-11-23-9-7-18-13;/h2-5,13,15,18H,6-11H2,1H3,(H,19,21);1H. The number of amides is 2. The number of hydrogen-bond acceptors (Lipinski definition) is 4. The van der Waals surface area contributed by atoms with E-state index in [1.165, 1.54) is 0 Å². The van der Waals surface area contributed by atoms with E-state index in [2.05, 4.69) is 10.6 Å². The molecule has 1 aromatic carbocycles. The van der Waals surface area contributed by atoms with Crippen LogP contribution < -0.4 is 15.5 Å². The molecule has 2 heterocycles. The predicted molar refractivity (Wildman–Crippen MR) is 94.6 cm³/mol. The lowest BCUT2D eigenvalue weighted by Crippen LogP contribution is -2.47. The molecule has 2 atom stereocenters. The SMILES string of the molecule is Cc1ccc(N2CCC(NC(=O)CC3COCCN3)C2=O)cc1.Cl. The summed E-state index contributed by atoms with van der Waals surface area (Å²) < 4.78 is 5.34. The fourth-order valence-corrected chi connectivity index (χ4v) is 3.02. The predicted octanol–water partition coefficient (Wildman–Crippen LogP) is 1.02. The van der Waals surface area contributed by atoms with Gasteiger partial charge >= 0.3 is 0 Å². The van der Waals surface area contributed by atoms with E-state index in [0.29, 0.717) is 32.6 Å². The minimum atomic E-state index is -0.423. The molecule has 0 bridgehead atoms. The van der Waals surface area contributed by atoms with Crippen molar-refractivity contribution in [3.05, 3.63) is 29.8 Å². The zero-order valence-electron chi connectivity index (χ0n) is 13.8. The third-order valence-electron chi connectivity index (χ3n) is 4.32. The van der Waals surface area contributed by atoms with Crippen molar-refractivity contribution in [2.24, 2.45) is 0 Å². The minimum Gasteiger partial charge on any atom is -0.378 e. The summed E-state index contributed by atoms with van der Waals surface area (Å²) in [6.45, 7) is 4.65. The van der Waals surface area contributed by atoms with Gasteiger partial charge in [-0.3, -0.25) is 9.59 Å². The monoisotopic (exact) mass is 353 g/mol. The highest BCUT2D eigenvalue weighted by molar-refractivity contribution is 6.01. The molecule has 2 saturated heterocycles. The summed E-state index contributed by atoms with van der Waals surface area (Å²) in [6, 6.07) is 7.48. The molecule has 2 unspecified atom stereocenters. The quantitative estimate of drug-likeness (QED) is 0.847. The molecule has 0 aliphatic carbocycles. The van der Waals surface area contributed by atoms with Gasteiger partial charge in [0.15, 0.2) is 0 Å². The Bertz CT molecular complexity index is 573. The Morgan fingerprint density at radius 3 is 2.79 bits per heavy atom. The molecule has 24 heavy (non-hydrogen) atoms. The first kappa shape index (κ1) is 18.7. The van der Waals surface area contributed by atoms with Gasteiger partial charge in [0.05, 0.1) is 13.2 Å². The van der Waals surface area contributed by atoms with E-state index in [9.17, 15) is 9.59 Å². The Hall–Kier alpha value is -1.63. The van der Waals surface area contributed by atoms with Gasteiger partial charge in [0.25, 0.3) is 0 Å². The molecule has 0 spiro atoms. The first-order chi connectivity index (χ1) is 11.1. The Labute approximate surface area is 148 Å². The van der Waals surface area contributed by atoms with Crippen LogP contribution in [0.2, 0.25) is 0 Å². The summed E-state index contributed by atoms with van der Waals surface area (Å²) in [5, 5.41) is 6.11. The number of ether oxygens (including phenoxy) is 1. The number of rotatable bonds is 4. The number of nitrogens with zero attached hydrogens (tertiary/aromatic N) is 1. The number of hydrogen-bond donors (Lipinski definition) is 2. The lowest BCUT2D eigenvalue weighted by Gasteiger charge is -2.24. The molecular formula is C17H24ClN3O3. The van der Waals surface area contributed by atoms with E-state index in [-0.39, 0.29) is 30.3 Å². The fourth-order valence-electron chi connectivity index (χ4n) is 3.02. The molecule has 2 N–H and O–H groups in total. The highest BCUT2D eigenvalue weighted by Gasteiger charge is 2.33. The van der Waals surface area contributed by atoms with Gasteiger partial charge in [0.1, 0.15) is 6.04 Å². The molecule has 0 saturated carbocycles. The topological polar surface area (TPSA) is 70.7 Å². The van der Waals surface area contributed by atoms with Crippen LogP contribution >= 0.6 is 12.4 Å². The third-order valence-corrected chi connectivity index (χ3v) is 4.32. The van der Waals surface area contributed by atoms with Gasteiger partial charge in [-0.15, -0.1) is 12.4 Å². The van der Waals surface area contributed by atoms with Crippen molar-refractivity contribution in [3.8, 4) is 0 Å². The second-order valence-corrected chi connectivity index (χ2v) is 6.16. The van der Waals surface area contributed by atoms with E-state index in [1.54, 1.807) is 4.90 Å². The summed E-state index contributed by atoms with van der Waals surface area (Å²) in [4.78, 5) is 26.4. The molecule has 0 aromatic heterocycles. The van der Waals surface area contributed by atoms with Crippen molar-refractivity contribution in [1.29, 1.82) is 0 Å². The highest BCUT2D eigenvalue weighted by atomic mass is 35.5. The lowest BCUT2D eigenvalue weighted by atomic mass is 10.1. The van der Waals surface area contributed by atoms with Crippen LogP contribution in [0.3, 0.4) is 0 Å². The number of anilines is 1. The summed E-state index contributed by atoms with van der Waals surface area (Å²) in [5.41, 5.74) is 2.05. The Kier molecular flexibility index (Phi) is 6.60. The molecule has 2 aliphatic heterocycles. The van der Waals surface area contributed by atoms with Crippen LogP contribution in [0, 0.1) is 6.92 Å². The third kappa shape index (κ3) is 4.47. The first-order valence-corrected chi connectivity index (χ1v) is 8.12. The summed E-state index contributed by atoms with van der Waals surface area (Å²) in [7, 11) is 0. The normalized spacial score (nSPS) is 23.7. The molecule has 1 aromatic rings. The van der Waals surface area contributed by atoms with Gasteiger partial charge in [-0.2, -0.15) is 0 Å². The van der Waals surface area contributed by atoms with Crippen LogP contribution in [0.1, 0.15) is 18.4 Å². The smallest absolute Gasteiger partial charge is 0.249 e. The highest BCUT2D eigenvalue weighted by Crippen LogP contribution is 2.22. The molecule has 2 fully saturated rings. The van der Waals surface area contributed by atoms with E-state index >= 15 is 0 Å². The van der Waals surface area contributed by atoms with Gasteiger partial charge in [0, 0.05) is 31.2 Å². The van der Waals surface area contributed by atoms with E-state index < -0.39 is 6.04 Å². The maximum absolute atomic E-state index is 12.5. The number of nitrogens with one attached hydrogen (secondary N) is 2. The van der Waals surface area contributed by atoms with Crippen LogP contribution in [0.15, 0.2) is 24.3 Å². The second-order valence-electron chi connectivity index (χ2n) is 6.16. The van der Waals surface area contributed by atoms with Crippen LogP contribution in [0.25, 0.3) is 0 Å². The van der Waals surface area contributed by atoms with Gasteiger partial charge in [0.2, 0.25) is 11.8 Å². The van der Waals surface area contributed by atoms with Gasteiger partial charge in [-0.1, -0.05) is 17.7 Å². The van der Waals surface area contributed by atoms with Gasteiger partial charge in [-0.25, -0.2) is 0 Å². The molecule has 2 aliphatic rings. The van der Waals surface area contributed by atoms with Crippen molar-refractivity contribution in [3.63, 3.8) is 0 Å². The maximum atomic E-state index is 12.5. The Morgan fingerprint density at radius 1 is 1.38 bits per heavy atom. The van der Waals surface area contributed by atoms with Crippen molar-refractivity contribution in [2.75, 3.05) is 31.2 Å². The van der Waals surface area contributed by atoms with Crippen molar-refractivity contribution in [1.82, 2.24) is 10.6 Å². The molecule has 6 nitrogen and oxygen atoms in total. The molecule has 132 valence electrons. The number of benzene rings is 1. The maximum Gasteiger partial charge on any atom is 0.249 e. The average molecular weight is 354 g/mol. The van der Waals surface area contributed by atoms with Crippen molar-refractivity contribution < 1.29 is 14.3 Å². The minimum absolute atomic E-state index is 0. The summed E-state index contributed by atoms with van der Waals surface area (Å²) in [5.74, 6) is -0.132. The number of carbonyl (C=O) groups is 2. The van der Waals surface area contributed by atoms with Gasteiger partial charge < -0.3 is 20.3 Å². The second kappa shape index (κ2) is 8.46. The average Bonchev–Trinajstić information content (AvgIpc) is 2.90. The number of carbonyl (C=O) groups excluding carboxylic acids is 2. The lowest BCUT2D eigenvalue weighted by molar-refractivity contribution is -0.127. The first-order valence-electron chi connectivity index (χ1n) is 8.12. The zero-order chi connectivity index (χ0) is 16.2. The number of morpholine rings is 1. The molecule has 2 amide bonds. The van der Waals surface area contributed by atoms with Crippen molar-refractivity contribution >= 4 is 29.9 Å². The van der Waals surface area contributed by atoms with Crippen molar-refractivity contribution in [2.45, 2.75) is 31.8 Å². The van der Waals surface area contributed by atoms with Crippen LogP contribution in [-0.2, 0) is 14.3 Å². The Balaban J connectivity index is 0.00000208.